The minimum atomic E-state index is -0.862. The van der Waals surface area contributed by atoms with Crippen LogP contribution in [0.2, 0.25) is 0 Å². The summed E-state index contributed by atoms with van der Waals surface area (Å²) in [7, 11) is 4.34. The fourth-order valence-corrected chi connectivity index (χ4v) is 15.9. The van der Waals surface area contributed by atoms with Gasteiger partial charge < -0.3 is 15.3 Å². The van der Waals surface area contributed by atoms with Crippen molar-refractivity contribution in [2.75, 3.05) is 64.1 Å². The van der Waals surface area contributed by atoms with Crippen molar-refractivity contribution < 1.29 is 208 Å². The van der Waals surface area contributed by atoms with Gasteiger partial charge in [-0.15, -0.1) is 79.4 Å². The first-order chi connectivity index (χ1) is 50.1. The molecule has 0 aliphatic heterocycles. The normalized spacial score (nSPS) is 12.2. The molecule has 0 saturated carbocycles. The van der Waals surface area contributed by atoms with E-state index < -0.39 is 17.5 Å². The van der Waals surface area contributed by atoms with Gasteiger partial charge in [0, 0.05) is 96.4 Å². The van der Waals surface area contributed by atoms with Gasteiger partial charge in [0.05, 0.1) is 11.2 Å². The molecule has 14 rings (SSSR count). The number of aliphatic hydroxyl groups is 1. The molecule has 3 N–H and O–H groups in total. The molecule has 3 aliphatic carbocycles. The van der Waals surface area contributed by atoms with Crippen LogP contribution in [0.25, 0.3) is 45.9 Å². The Kier molecular flexibility index (Phi) is 87.9. The number of nitrogens with zero attached hydrogens (tertiary/aromatic N) is 1. The number of hydrogen-bond acceptors (Lipinski definition) is 15. The molecule has 4 aromatic carbocycles. The number of aromatic carboxylic acids is 1. The molecule has 107 heavy (non-hydrogen) atoms. The monoisotopic (exact) mass is 2680 g/mol. The first-order valence-electron chi connectivity index (χ1n) is 31.0. The Morgan fingerprint density at radius 2 is 0.944 bits per heavy atom. The zero-order valence-electron chi connectivity index (χ0n) is 63.4. The Balaban J connectivity index is -0.000000261. The van der Waals surface area contributed by atoms with E-state index in [1.54, 1.807) is 106 Å². The van der Waals surface area contributed by atoms with E-state index in [0.29, 0.717) is 139 Å². The second-order valence-electron chi connectivity index (χ2n) is 21.0. The summed E-state index contributed by atoms with van der Waals surface area (Å²) in [4.78, 5) is 74.4. The number of aldehydes is 1. The number of alkyl halides is 14. The van der Waals surface area contributed by atoms with Gasteiger partial charge in [-0.05, 0) is 220 Å². The first-order valence-corrected chi connectivity index (χ1v) is 67.4. The number of fused-ring (bicyclic) bond motifs is 7. The van der Waals surface area contributed by atoms with Crippen LogP contribution < -0.4 is 127 Å². The van der Waals surface area contributed by atoms with Gasteiger partial charge in [0.1, 0.15) is 0 Å². The number of Topliss-reactive ketones (excluding diaryl/α,β-unsaturated/α-hetero) is 1. The van der Waals surface area contributed by atoms with Crippen LogP contribution in [0.3, 0.4) is 0 Å². The fourth-order valence-electron chi connectivity index (χ4n) is 9.10. The van der Waals surface area contributed by atoms with Crippen LogP contribution in [0.5, 0.6) is 0 Å². The first kappa shape index (κ1) is 119. The van der Waals surface area contributed by atoms with Crippen molar-refractivity contribution in [2.24, 2.45) is 4.30 Å². The average Bonchev–Trinajstić information content (AvgIpc) is 1.72. The predicted molar refractivity (Wildman–Crippen MR) is 475 cm³/mol. The van der Waals surface area contributed by atoms with Crippen LogP contribution >= 0.6 is 158 Å². The molecule has 11 aromatic rings. The van der Waals surface area contributed by atoms with Gasteiger partial charge in [0.15, 0.2) is 12.1 Å². The van der Waals surface area contributed by atoms with Crippen molar-refractivity contribution in [1.82, 2.24) is 0 Å². The summed E-state index contributed by atoms with van der Waals surface area (Å²) in [5.41, 5.74) is 8.46. The van der Waals surface area contributed by atoms with Crippen molar-refractivity contribution in [3.05, 3.63) is 213 Å². The molecular weight excluding hydrogens is 2580 g/mol. The number of carboxylic acids is 2. The van der Waals surface area contributed by atoms with Gasteiger partial charge in [-0.1, -0.05) is 87.1 Å². The SMILES string of the molecule is BrCc1cccc2sccc12.CC(=O)O.CC1(O)CCCc2sccc21.CC1=CCCc2sccc21.CI.C[I-]C.C[I-]C.C[I-]C.C[I-]C.C[I-]C.C[I-]C.Cc1cccc2sccc12.O=C(O)c1cccc2sccc12.O=C1CCCc2sccc21.O=Cc1cccc2sccc12.S.S.[Ag].[B]=NS.[O]=[Ag]. The summed E-state index contributed by atoms with van der Waals surface area (Å²) in [6.45, 7) is 7.34. The van der Waals surface area contributed by atoms with Crippen LogP contribution in [0.1, 0.15) is 121 Å². The van der Waals surface area contributed by atoms with E-state index in [-0.39, 0.29) is 49.4 Å². The number of carboxylic acid groups (broad SMARTS) is 2. The molecule has 0 bridgehead atoms. The summed E-state index contributed by atoms with van der Waals surface area (Å²) in [6.07, 6.45) is 11.8. The third-order valence-electron chi connectivity index (χ3n) is 13.1. The second kappa shape index (κ2) is 78.7. The number of halogens is 8. The topological polar surface area (TPSA) is 158 Å². The van der Waals surface area contributed by atoms with Crippen molar-refractivity contribution in [3.8, 4) is 0 Å². The third kappa shape index (κ3) is 51.5. The van der Waals surface area contributed by atoms with E-state index in [1.807, 2.05) is 81.8 Å². The van der Waals surface area contributed by atoms with E-state index in [0.717, 1.165) is 89.2 Å². The molecule has 9 nitrogen and oxygen atoms in total. The molecule has 2 radical (unpaired) electrons. The van der Waals surface area contributed by atoms with Gasteiger partial charge in [0.2, 0.25) is 0 Å². The Morgan fingerprint density at radius 3 is 1.39 bits per heavy atom. The summed E-state index contributed by atoms with van der Waals surface area (Å²) in [6, 6.07) is 38.3. The molecule has 0 saturated heterocycles. The Labute approximate surface area is 801 Å². The van der Waals surface area contributed by atoms with Crippen LogP contribution in [0, 0.1) is 6.92 Å². The van der Waals surface area contributed by atoms with Crippen LogP contribution in [-0.4, -0.2) is 111 Å². The molecule has 0 fully saturated rings. The van der Waals surface area contributed by atoms with E-state index in [4.69, 9.17) is 18.3 Å². The fraction of sp³-hybridized carbons (Fsp3) is 0.351. The number of carbonyl (C=O) groups excluding carboxylic acids is 2. The zero-order chi connectivity index (χ0) is 79.3. The van der Waals surface area contributed by atoms with E-state index in [2.05, 4.69) is 225 Å². The molecule has 613 valence electrons. The Bertz CT molecular complexity index is 4030. The number of aliphatic carboxylic acids is 1. The van der Waals surface area contributed by atoms with Crippen LogP contribution in [-0.2, 0) is 81.7 Å². The summed E-state index contributed by atoms with van der Waals surface area (Å²) in [5.74, 6) is -1.36. The number of rotatable bonds is 3. The van der Waals surface area contributed by atoms with Gasteiger partial charge in [-0.3, -0.25) is 14.4 Å². The Hall–Kier alpha value is 1.59. The quantitative estimate of drug-likeness (QED) is 0.0602. The molecule has 1 atom stereocenters. The molecular formula is C77H105Ag2BBrI7NO8S10-6. The standard InChI is InChI=1S/C9H7BrS.C9H6O2S.C9H12OS.C9H6OS.C9H10S.C9H8S.C8H8OS.6C2H6I.C2H4O2.CH3I.2Ag.BHNS.O.2H2S/c10-6-7-2-1-3-9-8(7)4-5-11-9;10-9(11)7-2-1-3-8-6(7)4-5-12-8;1-9(10)5-2-3-8-7(9)4-6-11-8;10-6-7-2-1-3-9-8(7)4-5-11-9;2*1-7-3-2-4-9-8(7)5-6-10-9;9-7-2-1-3-8-6(7)4-5-10-8;6*1-3-2;1-2(3)4;1-2;;;1-2-3;;;/h1-5H,6H2;1-5H,(H,10,11);4,6,10H,2-3,5H2,1H3;1-6H;3,5-6H,2,4H2,1H3;2-6H,1H3;4-5H,1-3H2;6*1-2H3;1H3,(H,3,4);1H3;;;3H;;2*1H2/q;;;;;;;6*-1;;;;;;;;. The third-order valence-corrected chi connectivity index (χ3v) is 20.1. The number of ketones is 1. The van der Waals surface area contributed by atoms with E-state index in [1.165, 1.54) is 69.7 Å². The summed E-state index contributed by atoms with van der Waals surface area (Å²) >= 11 is 26.2. The minimum absolute atomic E-state index is 0. The van der Waals surface area contributed by atoms with Crippen LogP contribution in [0.15, 0.2) is 163 Å². The van der Waals surface area contributed by atoms with E-state index >= 15 is 0 Å². The second-order valence-corrected chi connectivity index (χ2v) is 41.6. The zero-order valence-corrected chi connectivity index (χ0v) is 91.6. The molecule has 7 aromatic heterocycles. The maximum atomic E-state index is 11.2. The number of carbonyl (C=O) groups is 4. The number of aryl methyl sites for hydroxylation is 4. The van der Waals surface area contributed by atoms with E-state index in [9.17, 15) is 19.5 Å². The van der Waals surface area contributed by atoms with Gasteiger partial charge in [-0.2, -0.15) is 27.0 Å². The molecule has 1 unspecified atom stereocenters. The van der Waals surface area contributed by atoms with Crippen molar-refractivity contribution >= 4 is 235 Å². The van der Waals surface area contributed by atoms with Crippen LogP contribution in [0.4, 0.5) is 0 Å². The maximum absolute atomic E-state index is 11.2. The number of hydrogen-bond donors (Lipinski definition) is 4. The summed E-state index contributed by atoms with van der Waals surface area (Å²) < 4.78 is 15.7. The molecule has 0 amide bonds. The van der Waals surface area contributed by atoms with Gasteiger partial charge in [-0.25, -0.2) is 4.79 Å². The molecule has 0 spiro atoms. The average molecular weight is 2690 g/mol. The number of benzene rings is 4. The number of thiophene rings is 7. The summed E-state index contributed by atoms with van der Waals surface area (Å²) in [5, 5.41) is 46.2. The molecule has 3 aliphatic rings. The predicted octanol–water partition coefficient (Wildman–Crippen LogP) is 5.41. The van der Waals surface area contributed by atoms with Crippen molar-refractivity contribution in [3.63, 3.8) is 0 Å². The number of allylic oxidation sites excluding steroid dienone is 2. The van der Waals surface area contributed by atoms with Gasteiger partial charge in [0.25, 0.3) is 5.97 Å². The Morgan fingerprint density at radius 1 is 0.570 bits per heavy atom. The van der Waals surface area contributed by atoms with Crippen molar-refractivity contribution in [2.45, 2.75) is 90.0 Å². The molecule has 7 heterocycles. The van der Waals surface area contributed by atoms with Gasteiger partial charge >= 0.3 is 241 Å². The van der Waals surface area contributed by atoms with Crippen molar-refractivity contribution in [1.29, 1.82) is 0 Å². The molecule has 30 heteroatoms. The number of thiol groups is 1.